The summed E-state index contributed by atoms with van der Waals surface area (Å²) in [5.74, 6) is 1.44. The maximum atomic E-state index is 13.5. The van der Waals surface area contributed by atoms with Crippen LogP contribution in [0.4, 0.5) is 9.93 Å². The van der Waals surface area contributed by atoms with Crippen LogP contribution in [0.15, 0.2) is 10.4 Å². The molecule has 218 valence electrons. The molecule has 0 atom stereocenters. The molecule has 0 radical (unpaired) electrons. The monoisotopic (exact) mass is 576 g/mol. The number of carbonyl (C=O) groups excluding carboxylic acids is 2. The predicted molar refractivity (Wildman–Crippen MR) is 161 cm³/mol. The van der Waals surface area contributed by atoms with Gasteiger partial charge in [-0.1, -0.05) is 49.9 Å². The molecule has 0 spiro atoms. The van der Waals surface area contributed by atoms with Gasteiger partial charge in [-0.2, -0.15) is 0 Å². The summed E-state index contributed by atoms with van der Waals surface area (Å²) < 4.78 is 0.987. The lowest BCUT2D eigenvalue weighted by Crippen LogP contribution is -2.50. The first-order valence-electron chi connectivity index (χ1n) is 15.4. The average Bonchev–Trinajstić information content (AvgIpc) is 3.42. The summed E-state index contributed by atoms with van der Waals surface area (Å²) in [6, 6.07) is 0.741. The Bertz CT molecular complexity index is 899. The van der Waals surface area contributed by atoms with Crippen LogP contribution in [0.3, 0.4) is 0 Å². The molecule has 4 fully saturated rings. The first-order valence-corrected chi connectivity index (χ1v) is 17.2. The van der Waals surface area contributed by atoms with Gasteiger partial charge in [0.15, 0.2) is 5.13 Å². The van der Waals surface area contributed by atoms with E-state index in [9.17, 15) is 9.59 Å². The highest BCUT2D eigenvalue weighted by Crippen LogP contribution is 2.33. The van der Waals surface area contributed by atoms with Crippen molar-refractivity contribution >= 4 is 40.2 Å². The third-order valence-corrected chi connectivity index (χ3v) is 11.4. The lowest BCUT2D eigenvalue weighted by Gasteiger charge is -2.41. The van der Waals surface area contributed by atoms with E-state index in [1.54, 1.807) is 11.8 Å². The van der Waals surface area contributed by atoms with E-state index in [0.29, 0.717) is 23.0 Å². The first kappa shape index (κ1) is 29.1. The summed E-state index contributed by atoms with van der Waals surface area (Å²) in [5.41, 5.74) is 0. The van der Waals surface area contributed by atoms with Gasteiger partial charge < -0.3 is 14.7 Å². The Labute approximate surface area is 243 Å². The van der Waals surface area contributed by atoms with Gasteiger partial charge in [-0.25, -0.2) is 9.78 Å². The minimum Gasteiger partial charge on any atom is -0.339 e. The molecule has 2 saturated carbocycles. The molecule has 39 heavy (non-hydrogen) atoms. The predicted octanol–water partition coefficient (Wildman–Crippen LogP) is 5.22. The van der Waals surface area contributed by atoms with Gasteiger partial charge in [0.05, 0.1) is 16.2 Å². The molecule has 1 N–H and O–H groups in total. The molecule has 4 aliphatic rings. The van der Waals surface area contributed by atoms with Crippen molar-refractivity contribution in [3.63, 3.8) is 0 Å². The first-order chi connectivity index (χ1) is 19.0. The van der Waals surface area contributed by atoms with Crippen molar-refractivity contribution in [1.29, 1.82) is 0 Å². The molecular weight excluding hydrogens is 528 g/mol. The minimum absolute atomic E-state index is 0.0221. The maximum absolute atomic E-state index is 13.5. The van der Waals surface area contributed by atoms with Crippen LogP contribution in [-0.4, -0.2) is 107 Å². The second-order valence-electron chi connectivity index (χ2n) is 12.1. The number of thiazole rings is 1. The van der Waals surface area contributed by atoms with Crippen molar-refractivity contribution in [1.82, 2.24) is 24.6 Å². The molecule has 10 heteroatoms. The Morgan fingerprint density at radius 3 is 2.15 bits per heavy atom. The smallest absolute Gasteiger partial charge is 0.324 e. The number of hydrogen-bond acceptors (Lipinski definition) is 7. The van der Waals surface area contributed by atoms with Gasteiger partial charge in [0, 0.05) is 44.8 Å². The zero-order valence-electron chi connectivity index (χ0n) is 23.8. The third kappa shape index (κ3) is 8.33. The van der Waals surface area contributed by atoms with Crippen molar-refractivity contribution in [3.8, 4) is 0 Å². The molecule has 2 saturated heterocycles. The second kappa shape index (κ2) is 14.5. The number of amides is 3. The molecule has 1 aromatic heterocycles. The Morgan fingerprint density at radius 1 is 0.923 bits per heavy atom. The number of urea groups is 1. The number of rotatable bonds is 8. The van der Waals surface area contributed by atoms with Gasteiger partial charge in [0.1, 0.15) is 0 Å². The molecule has 0 unspecified atom stereocenters. The number of nitrogens with zero attached hydrogens (tertiary/aromatic N) is 5. The number of hydrogen-bond donors (Lipinski definition) is 1. The van der Waals surface area contributed by atoms with E-state index in [2.05, 4.69) is 32.0 Å². The van der Waals surface area contributed by atoms with E-state index in [-0.39, 0.29) is 11.9 Å². The number of anilines is 1. The molecule has 0 aromatic carbocycles. The van der Waals surface area contributed by atoms with E-state index in [1.165, 1.54) is 82.3 Å². The van der Waals surface area contributed by atoms with Crippen LogP contribution in [0.2, 0.25) is 0 Å². The Balaban J connectivity index is 1.06. The van der Waals surface area contributed by atoms with E-state index < -0.39 is 0 Å². The number of carbonyl (C=O) groups is 2. The van der Waals surface area contributed by atoms with Gasteiger partial charge in [0.25, 0.3) is 0 Å². The summed E-state index contributed by atoms with van der Waals surface area (Å²) in [6.07, 6.45) is 16.4. The average molecular weight is 577 g/mol. The highest BCUT2D eigenvalue weighted by molar-refractivity contribution is 8.01. The van der Waals surface area contributed by atoms with E-state index in [1.807, 2.05) is 11.1 Å². The van der Waals surface area contributed by atoms with Crippen LogP contribution in [0, 0.1) is 5.92 Å². The number of piperidine rings is 1. The minimum atomic E-state index is 0.0221. The number of piperazine rings is 1. The van der Waals surface area contributed by atoms with Crippen LogP contribution < -0.4 is 5.32 Å². The molecule has 3 amide bonds. The summed E-state index contributed by atoms with van der Waals surface area (Å²) in [6.45, 7) is 7.22. The molecule has 1 aromatic rings. The molecule has 2 aliphatic heterocycles. The Hall–Kier alpha value is -1.36. The largest absolute Gasteiger partial charge is 0.339 e. The van der Waals surface area contributed by atoms with E-state index in [0.717, 1.165) is 62.0 Å². The molecule has 8 nitrogen and oxygen atoms in total. The van der Waals surface area contributed by atoms with E-state index >= 15 is 0 Å². The van der Waals surface area contributed by atoms with Gasteiger partial charge in [-0.15, -0.1) is 11.8 Å². The van der Waals surface area contributed by atoms with Gasteiger partial charge in [-0.3, -0.25) is 15.0 Å². The topological polar surface area (TPSA) is 72.0 Å². The summed E-state index contributed by atoms with van der Waals surface area (Å²) in [4.78, 5) is 40.1. The SMILES string of the molecule is CN1CCC(CN2CCN(C(=O)CSc3cnc(NC(=O)N(C4CCCCC4)C4CCCCC4)s3)CC2)CC1. The van der Waals surface area contributed by atoms with Crippen LogP contribution in [0.1, 0.15) is 77.0 Å². The number of thioether (sulfide) groups is 1. The third-order valence-electron chi connectivity index (χ3n) is 9.29. The van der Waals surface area contributed by atoms with Crippen molar-refractivity contribution in [2.75, 3.05) is 63.9 Å². The fourth-order valence-corrected chi connectivity index (χ4v) is 8.67. The molecule has 3 heterocycles. The zero-order valence-corrected chi connectivity index (χ0v) is 25.5. The van der Waals surface area contributed by atoms with Crippen molar-refractivity contribution in [2.45, 2.75) is 93.3 Å². The zero-order chi connectivity index (χ0) is 27.0. The Kier molecular flexibility index (Phi) is 10.8. The highest BCUT2D eigenvalue weighted by Gasteiger charge is 2.33. The van der Waals surface area contributed by atoms with Gasteiger partial charge >= 0.3 is 6.03 Å². The van der Waals surface area contributed by atoms with Crippen LogP contribution >= 0.6 is 23.1 Å². The summed E-state index contributed by atoms with van der Waals surface area (Å²) >= 11 is 3.04. The number of likely N-dealkylation sites (tertiary alicyclic amines) is 1. The quantitative estimate of drug-likeness (QED) is 0.428. The normalized spacial score (nSPS) is 23.2. The maximum Gasteiger partial charge on any atom is 0.324 e. The number of aromatic nitrogens is 1. The summed E-state index contributed by atoms with van der Waals surface area (Å²) in [7, 11) is 2.21. The lowest BCUT2D eigenvalue weighted by molar-refractivity contribution is -0.130. The van der Waals surface area contributed by atoms with Gasteiger partial charge in [-0.05, 0) is 64.6 Å². The van der Waals surface area contributed by atoms with Crippen LogP contribution in [0.5, 0.6) is 0 Å². The van der Waals surface area contributed by atoms with Crippen molar-refractivity contribution in [2.24, 2.45) is 5.92 Å². The molecule has 2 aliphatic carbocycles. The highest BCUT2D eigenvalue weighted by atomic mass is 32.2. The van der Waals surface area contributed by atoms with Gasteiger partial charge in [0.2, 0.25) is 5.91 Å². The fourth-order valence-electron chi connectivity index (χ4n) is 6.90. The fraction of sp³-hybridized carbons (Fsp3) is 0.828. The van der Waals surface area contributed by atoms with Crippen molar-refractivity contribution in [3.05, 3.63) is 6.20 Å². The lowest BCUT2D eigenvalue weighted by atomic mass is 9.89. The molecular formula is C29H48N6O2S2. The Morgan fingerprint density at radius 2 is 1.54 bits per heavy atom. The second-order valence-corrected chi connectivity index (χ2v) is 14.4. The van der Waals surface area contributed by atoms with Crippen molar-refractivity contribution < 1.29 is 9.59 Å². The van der Waals surface area contributed by atoms with Crippen LogP contribution in [-0.2, 0) is 4.79 Å². The summed E-state index contributed by atoms with van der Waals surface area (Å²) in [5, 5.41) is 3.77. The van der Waals surface area contributed by atoms with Crippen LogP contribution in [0.25, 0.3) is 0 Å². The molecule has 0 bridgehead atoms. The van der Waals surface area contributed by atoms with E-state index in [4.69, 9.17) is 0 Å². The standard InChI is InChI=1S/C29H48N6O2S2/c1-32-14-12-23(13-15-32)21-33-16-18-34(19-17-33)26(36)22-38-27-20-30-28(39-27)31-29(37)35(24-8-4-2-5-9-24)25-10-6-3-7-11-25/h20,23-25H,2-19,21-22H2,1H3,(H,30,31,37). The molecule has 5 rings (SSSR count). The number of nitrogens with one attached hydrogen (secondary N) is 1.